The molecule has 0 saturated heterocycles. The molecule has 0 atom stereocenters. The maximum Gasteiger partial charge on any atom is 0.279 e. The van der Waals surface area contributed by atoms with Crippen molar-refractivity contribution in [2.24, 2.45) is 9.98 Å². The lowest BCUT2D eigenvalue weighted by Gasteiger charge is -2.13. The summed E-state index contributed by atoms with van der Waals surface area (Å²) in [5.41, 5.74) is 0.509. The van der Waals surface area contributed by atoms with Crippen molar-refractivity contribution in [2.45, 2.75) is 5.66 Å². The van der Waals surface area contributed by atoms with Gasteiger partial charge in [-0.25, -0.2) is 9.98 Å². The molecule has 0 fully saturated rings. The summed E-state index contributed by atoms with van der Waals surface area (Å²) in [5, 5.41) is 4.37. The van der Waals surface area contributed by atoms with E-state index in [2.05, 4.69) is 15.3 Å². The van der Waals surface area contributed by atoms with E-state index in [1.165, 1.54) is 0 Å². The van der Waals surface area contributed by atoms with Gasteiger partial charge in [-0.1, -0.05) is 30.3 Å². The number of para-hydroxylation sites is 3. The fourth-order valence-corrected chi connectivity index (χ4v) is 2.48. The highest BCUT2D eigenvalue weighted by molar-refractivity contribution is 6.05. The fraction of sp³-hybridized carbons (Fsp3) is 0.0714. The quantitative estimate of drug-likeness (QED) is 0.719. The van der Waals surface area contributed by atoms with E-state index >= 15 is 0 Å². The van der Waals surface area contributed by atoms with Crippen LogP contribution in [0.5, 0.6) is 0 Å². The van der Waals surface area contributed by atoms with Crippen LogP contribution < -0.4 is 16.0 Å². The summed E-state index contributed by atoms with van der Waals surface area (Å²) in [6.45, 7) is 0. The van der Waals surface area contributed by atoms with Gasteiger partial charge in [-0.05, 0) is 18.2 Å². The SMILES string of the molecule is O=C1Nc2ccccc2C12N=c1ccccc1=N2. The molecule has 1 amide bonds. The van der Waals surface area contributed by atoms with Gasteiger partial charge in [-0.2, -0.15) is 0 Å². The van der Waals surface area contributed by atoms with Crippen LogP contribution in [0.4, 0.5) is 5.69 Å². The lowest BCUT2D eigenvalue weighted by atomic mass is 10.0. The molecule has 0 aliphatic carbocycles. The van der Waals surface area contributed by atoms with E-state index in [9.17, 15) is 4.79 Å². The molecule has 2 aliphatic rings. The molecule has 0 aromatic heterocycles. The van der Waals surface area contributed by atoms with Gasteiger partial charge in [0.25, 0.3) is 11.6 Å². The van der Waals surface area contributed by atoms with E-state index in [0.29, 0.717) is 0 Å². The van der Waals surface area contributed by atoms with Crippen LogP contribution in [0.3, 0.4) is 0 Å². The van der Waals surface area contributed by atoms with Crippen molar-refractivity contribution >= 4 is 11.6 Å². The van der Waals surface area contributed by atoms with Crippen molar-refractivity contribution in [3.05, 3.63) is 64.8 Å². The fourth-order valence-electron chi connectivity index (χ4n) is 2.48. The second-order valence-corrected chi connectivity index (χ2v) is 4.38. The summed E-state index contributed by atoms with van der Waals surface area (Å²) in [6, 6.07) is 15.1. The van der Waals surface area contributed by atoms with Gasteiger partial charge in [0, 0.05) is 11.3 Å². The van der Waals surface area contributed by atoms with Crippen LogP contribution in [0.2, 0.25) is 0 Å². The molecule has 0 bridgehead atoms. The molecule has 2 aliphatic heterocycles. The third-order valence-corrected chi connectivity index (χ3v) is 3.31. The standard InChI is InChI=1S/C14H9N3O/c18-13-14(9-5-1-2-6-10(9)15-13)16-11-7-3-4-8-12(11)17-14/h1-8H,(H,15,18). The summed E-state index contributed by atoms with van der Waals surface area (Å²) in [6.07, 6.45) is 0. The first kappa shape index (κ1) is 9.53. The molecule has 86 valence electrons. The van der Waals surface area contributed by atoms with Crippen molar-refractivity contribution in [1.29, 1.82) is 0 Å². The summed E-state index contributed by atoms with van der Waals surface area (Å²) < 4.78 is 0. The summed E-state index contributed by atoms with van der Waals surface area (Å²) >= 11 is 0. The predicted octanol–water partition coefficient (Wildman–Crippen LogP) is 0.744. The third kappa shape index (κ3) is 1.02. The van der Waals surface area contributed by atoms with E-state index in [4.69, 9.17) is 0 Å². The molecule has 4 heteroatoms. The Morgan fingerprint density at radius 2 is 1.50 bits per heavy atom. The number of nitrogens with one attached hydrogen (secondary N) is 1. The topological polar surface area (TPSA) is 53.8 Å². The van der Waals surface area contributed by atoms with Crippen LogP contribution >= 0.6 is 0 Å². The number of carbonyl (C=O) groups is 1. The minimum atomic E-state index is -1.11. The first-order valence-electron chi connectivity index (χ1n) is 5.75. The van der Waals surface area contributed by atoms with Gasteiger partial charge in [0.05, 0.1) is 10.7 Å². The van der Waals surface area contributed by atoms with Crippen LogP contribution in [0, 0.1) is 0 Å². The third-order valence-electron chi connectivity index (χ3n) is 3.31. The molecular weight excluding hydrogens is 226 g/mol. The Labute approximate surface area is 103 Å². The minimum absolute atomic E-state index is 0.181. The van der Waals surface area contributed by atoms with Crippen molar-refractivity contribution in [1.82, 2.24) is 0 Å². The normalized spacial score (nSPS) is 17.7. The highest BCUT2D eigenvalue weighted by atomic mass is 16.2. The Hall–Kier alpha value is -2.49. The van der Waals surface area contributed by atoms with E-state index in [-0.39, 0.29) is 5.91 Å². The molecule has 2 aromatic rings. The van der Waals surface area contributed by atoms with Gasteiger partial charge in [-0.15, -0.1) is 0 Å². The van der Waals surface area contributed by atoms with Crippen LogP contribution in [0.1, 0.15) is 5.56 Å². The van der Waals surface area contributed by atoms with E-state index in [1.54, 1.807) is 0 Å². The van der Waals surface area contributed by atoms with Crippen molar-refractivity contribution in [3.8, 4) is 0 Å². The van der Waals surface area contributed by atoms with Gasteiger partial charge in [0.1, 0.15) is 0 Å². The van der Waals surface area contributed by atoms with Gasteiger partial charge < -0.3 is 5.32 Å². The second-order valence-electron chi connectivity index (χ2n) is 4.38. The van der Waals surface area contributed by atoms with Crippen LogP contribution in [-0.4, -0.2) is 5.91 Å². The molecule has 1 spiro atoms. The lowest BCUT2D eigenvalue weighted by Crippen LogP contribution is -2.29. The Bertz CT molecular complexity index is 760. The molecule has 0 saturated carbocycles. The van der Waals surface area contributed by atoms with Gasteiger partial charge in [0.15, 0.2) is 0 Å². The van der Waals surface area contributed by atoms with Gasteiger partial charge >= 0.3 is 0 Å². The minimum Gasteiger partial charge on any atom is -0.321 e. The average Bonchev–Trinajstić information content (AvgIpc) is 2.90. The number of hydrogen-bond acceptors (Lipinski definition) is 3. The second kappa shape index (κ2) is 3.04. The zero-order chi connectivity index (χ0) is 12.2. The Morgan fingerprint density at radius 1 is 0.889 bits per heavy atom. The first-order chi connectivity index (χ1) is 8.79. The Kier molecular flexibility index (Phi) is 1.61. The molecule has 1 N–H and O–H groups in total. The van der Waals surface area contributed by atoms with Gasteiger partial charge in [0.2, 0.25) is 0 Å². The number of hydrogen-bond donors (Lipinski definition) is 1. The van der Waals surface area contributed by atoms with Crippen LogP contribution in [-0.2, 0) is 10.5 Å². The number of anilines is 1. The average molecular weight is 235 g/mol. The largest absolute Gasteiger partial charge is 0.321 e. The predicted molar refractivity (Wildman–Crippen MR) is 65.5 cm³/mol. The summed E-state index contributed by atoms with van der Waals surface area (Å²) in [4.78, 5) is 21.3. The number of fused-ring (bicyclic) bond motifs is 3. The van der Waals surface area contributed by atoms with Crippen molar-refractivity contribution < 1.29 is 4.79 Å². The van der Waals surface area contributed by atoms with E-state index in [0.717, 1.165) is 22.0 Å². The number of amides is 1. The van der Waals surface area contributed by atoms with Crippen molar-refractivity contribution in [2.75, 3.05) is 5.32 Å². The first-order valence-corrected chi connectivity index (χ1v) is 5.75. The molecule has 2 aromatic carbocycles. The highest BCUT2D eigenvalue weighted by Crippen LogP contribution is 2.39. The lowest BCUT2D eigenvalue weighted by molar-refractivity contribution is -0.120. The smallest absolute Gasteiger partial charge is 0.279 e. The van der Waals surface area contributed by atoms with Crippen LogP contribution in [0.15, 0.2) is 58.5 Å². The zero-order valence-corrected chi connectivity index (χ0v) is 9.42. The number of carbonyl (C=O) groups excluding carboxylic acids is 1. The Balaban J connectivity index is 2.08. The van der Waals surface area contributed by atoms with E-state index < -0.39 is 5.66 Å². The number of benzene rings is 2. The monoisotopic (exact) mass is 235 g/mol. The summed E-state index contributed by atoms with van der Waals surface area (Å²) in [5.74, 6) is -0.181. The van der Waals surface area contributed by atoms with Crippen LogP contribution in [0.25, 0.3) is 0 Å². The van der Waals surface area contributed by atoms with Gasteiger partial charge in [-0.3, -0.25) is 4.79 Å². The molecule has 4 rings (SSSR count). The molecular formula is C14H9N3O. The maximum absolute atomic E-state index is 12.2. The molecule has 0 unspecified atom stereocenters. The molecule has 4 nitrogen and oxygen atoms in total. The van der Waals surface area contributed by atoms with E-state index in [1.807, 2.05) is 48.5 Å². The Morgan fingerprint density at radius 3 is 2.22 bits per heavy atom. The van der Waals surface area contributed by atoms with Crippen molar-refractivity contribution in [3.63, 3.8) is 0 Å². The maximum atomic E-state index is 12.2. The summed E-state index contributed by atoms with van der Waals surface area (Å²) in [7, 11) is 0. The molecule has 0 radical (unpaired) electrons. The molecule has 2 heterocycles. The number of nitrogens with zero attached hydrogens (tertiary/aromatic N) is 2. The highest BCUT2D eigenvalue weighted by Gasteiger charge is 2.48. The molecule has 18 heavy (non-hydrogen) atoms. The number of rotatable bonds is 0. The zero-order valence-electron chi connectivity index (χ0n) is 9.42.